The standard InChI is InChI=1S/C18H18F3N3O/c1-11-5-7-12(8-6-11)15-10-16(24-23-15)17(25)22-14-4-2-3-13(9-14)18(19,20)21/h2-9,15-16,23-24H,10H2,1H3,(H,22,25). The lowest BCUT2D eigenvalue weighted by atomic mass is 10.0. The molecule has 1 aliphatic rings. The molecular formula is C18H18F3N3O. The molecule has 3 rings (SSSR count). The zero-order valence-corrected chi connectivity index (χ0v) is 13.5. The number of hydrogen-bond acceptors (Lipinski definition) is 3. The van der Waals surface area contributed by atoms with Crippen LogP contribution in [0.2, 0.25) is 0 Å². The molecule has 0 spiro atoms. The maximum absolute atomic E-state index is 12.7. The van der Waals surface area contributed by atoms with Crippen molar-refractivity contribution in [2.45, 2.75) is 31.6 Å². The minimum absolute atomic E-state index is 0.0298. The van der Waals surface area contributed by atoms with Gasteiger partial charge in [0, 0.05) is 11.7 Å². The topological polar surface area (TPSA) is 53.2 Å². The van der Waals surface area contributed by atoms with E-state index in [1.807, 2.05) is 31.2 Å². The molecule has 0 radical (unpaired) electrons. The van der Waals surface area contributed by atoms with E-state index in [0.29, 0.717) is 6.42 Å². The van der Waals surface area contributed by atoms with Gasteiger partial charge in [-0.1, -0.05) is 35.9 Å². The number of benzene rings is 2. The van der Waals surface area contributed by atoms with Crippen LogP contribution < -0.4 is 16.2 Å². The summed E-state index contributed by atoms with van der Waals surface area (Å²) < 4.78 is 38.2. The van der Waals surface area contributed by atoms with Crippen molar-refractivity contribution in [3.8, 4) is 0 Å². The zero-order valence-electron chi connectivity index (χ0n) is 13.5. The molecule has 4 nitrogen and oxygen atoms in total. The molecule has 1 heterocycles. The van der Waals surface area contributed by atoms with Gasteiger partial charge in [-0.05, 0) is 37.1 Å². The van der Waals surface area contributed by atoms with Crippen LogP contribution in [0.15, 0.2) is 48.5 Å². The second-order valence-corrected chi connectivity index (χ2v) is 6.11. The first-order valence-electron chi connectivity index (χ1n) is 7.89. The molecule has 1 fully saturated rings. The van der Waals surface area contributed by atoms with E-state index in [1.165, 1.54) is 12.1 Å². The Bertz CT molecular complexity index is 759. The van der Waals surface area contributed by atoms with Crippen LogP contribution in [-0.4, -0.2) is 11.9 Å². The third-order valence-corrected chi connectivity index (χ3v) is 4.16. The van der Waals surface area contributed by atoms with E-state index in [9.17, 15) is 18.0 Å². The predicted octanol–water partition coefficient (Wildman–Crippen LogP) is 3.56. The number of carbonyl (C=O) groups is 1. The van der Waals surface area contributed by atoms with E-state index >= 15 is 0 Å². The zero-order chi connectivity index (χ0) is 18.0. The summed E-state index contributed by atoms with van der Waals surface area (Å²) >= 11 is 0. The molecule has 3 N–H and O–H groups in total. The Hall–Kier alpha value is -2.38. The summed E-state index contributed by atoms with van der Waals surface area (Å²) in [5, 5.41) is 2.54. The Morgan fingerprint density at radius 1 is 1.12 bits per heavy atom. The average Bonchev–Trinajstić information content (AvgIpc) is 3.05. The van der Waals surface area contributed by atoms with Gasteiger partial charge in [0.2, 0.25) is 5.91 Å². The fourth-order valence-corrected chi connectivity index (χ4v) is 2.75. The van der Waals surface area contributed by atoms with Crippen LogP contribution in [-0.2, 0) is 11.0 Å². The van der Waals surface area contributed by atoms with Gasteiger partial charge in [0.05, 0.1) is 5.56 Å². The van der Waals surface area contributed by atoms with Crippen LogP contribution in [0.4, 0.5) is 18.9 Å². The lowest BCUT2D eigenvalue weighted by Crippen LogP contribution is -2.39. The summed E-state index contributed by atoms with van der Waals surface area (Å²) in [5.74, 6) is -0.374. The van der Waals surface area contributed by atoms with Gasteiger partial charge in [-0.25, -0.2) is 10.9 Å². The Labute approximate surface area is 143 Å². The average molecular weight is 349 g/mol. The van der Waals surface area contributed by atoms with E-state index in [-0.39, 0.29) is 17.6 Å². The number of hydrogen-bond donors (Lipinski definition) is 3. The molecule has 2 atom stereocenters. The first-order chi connectivity index (χ1) is 11.8. The number of aryl methyl sites for hydroxylation is 1. The van der Waals surface area contributed by atoms with Crippen molar-refractivity contribution >= 4 is 11.6 Å². The molecule has 2 aromatic rings. The molecule has 0 saturated carbocycles. The highest BCUT2D eigenvalue weighted by Gasteiger charge is 2.32. The molecule has 0 bridgehead atoms. The SMILES string of the molecule is Cc1ccc(C2CC(C(=O)Nc3cccc(C(F)(F)F)c3)NN2)cc1. The maximum Gasteiger partial charge on any atom is 0.416 e. The summed E-state index contributed by atoms with van der Waals surface area (Å²) in [5.41, 5.74) is 7.48. The smallest absolute Gasteiger partial charge is 0.325 e. The Morgan fingerprint density at radius 2 is 1.84 bits per heavy atom. The Balaban J connectivity index is 1.64. The molecule has 0 aromatic heterocycles. The van der Waals surface area contributed by atoms with Crippen molar-refractivity contribution in [2.24, 2.45) is 0 Å². The van der Waals surface area contributed by atoms with Crippen molar-refractivity contribution in [3.05, 3.63) is 65.2 Å². The number of hydrazine groups is 1. The fourth-order valence-electron chi connectivity index (χ4n) is 2.75. The van der Waals surface area contributed by atoms with Crippen molar-refractivity contribution < 1.29 is 18.0 Å². The number of anilines is 1. The summed E-state index contributed by atoms with van der Waals surface area (Å²) in [6.45, 7) is 2.00. The first-order valence-corrected chi connectivity index (χ1v) is 7.89. The highest BCUT2D eigenvalue weighted by atomic mass is 19.4. The lowest BCUT2D eigenvalue weighted by molar-refractivity contribution is -0.137. The monoisotopic (exact) mass is 349 g/mol. The molecule has 0 aliphatic carbocycles. The van der Waals surface area contributed by atoms with Crippen molar-refractivity contribution in [2.75, 3.05) is 5.32 Å². The summed E-state index contributed by atoms with van der Waals surface area (Å²) in [6.07, 6.45) is -3.93. The highest BCUT2D eigenvalue weighted by Crippen LogP contribution is 2.31. The van der Waals surface area contributed by atoms with Crippen LogP contribution >= 0.6 is 0 Å². The van der Waals surface area contributed by atoms with E-state index in [4.69, 9.17) is 0 Å². The van der Waals surface area contributed by atoms with Gasteiger partial charge in [-0.3, -0.25) is 4.79 Å². The third kappa shape index (κ3) is 4.18. The Morgan fingerprint density at radius 3 is 2.52 bits per heavy atom. The van der Waals surface area contributed by atoms with Gasteiger partial charge in [-0.15, -0.1) is 0 Å². The van der Waals surface area contributed by atoms with E-state index in [0.717, 1.165) is 23.3 Å². The van der Waals surface area contributed by atoms with Gasteiger partial charge in [0.15, 0.2) is 0 Å². The number of carbonyl (C=O) groups excluding carboxylic acids is 1. The molecule has 132 valence electrons. The first kappa shape index (κ1) is 17.4. The lowest BCUT2D eigenvalue weighted by Gasteiger charge is -2.13. The van der Waals surface area contributed by atoms with Crippen LogP contribution in [0.5, 0.6) is 0 Å². The maximum atomic E-state index is 12.7. The highest BCUT2D eigenvalue weighted by molar-refractivity contribution is 5.95. The van der Waals surface area contributed by atoms with Crippen LogP contribution in [0, 0.1) is 6.92 Å². The number of amides is 1. The molecular weight excluding hydrogens is 331 g/mol. The summed E-state index contributed by atoms with van der Waals surface area (Å²) in [7, 11) is 0. The van der Waals surface area contributed by atoms with Gasteiger partial charge in [0.1, 0.15) is 6.04 Å². The van der Waals surface area contributed by atoms with Crippen molar-refractivity contribution in [3.63, 3.8) is 0 Å². The molecule has 1 saturated heterocycles. The quantitative estimate of drug-likeness (QED) is 0.794. The number of alkyl halides is 3. The summed E-state index contributed by atoms with van der Waals surface area (Å²) in [4.78, 5) is 12.3. The molecule has 2 aromatic carbocycles. The van der Waals surface area contributed by atoms with Crippen molar-refractivity contribution in [1.82, 2.24) is 10.9 Å². The molecule has 25 heavy (non-hydrogen) atoms. The van der Waals surface area contributed by atoms with Crippen LogP contribution in [0.3, 0.4) is 0 Å². The molecule has 1 aliphatic heterocycles. The number of nitrogens with one attached hydrogen (secondary N) is 3. The number of halogens is 3. The van der Waals surface area contributed by atoms with Crippen LogP contribution in [0.1, 0.15) is 29.2 Å². The van der Waals surface area contributed by atoms with Crippen LogP contribution in [0.25, 0.3) is 0 Å². The molecule has 2 unspecified atom stereocenters. The largest absolute Gasteiger partial charge is 0.416 e. The van der Waals surface area contributed by atoms with E-state index < -0.39 is 17.8 Å². The normalized spacial score (nSPS) is 20.5. The minimum Gasteiger partial charge on any atom is -0.325 e. The minimum atomic E-state index is -4.44. The van der Waals surface area contributed by atoms with Crippen molar-refractivity contribution in [1.29, 1.82) is 0 Å². The molecule has 7 heteroatoms. The second-order valence-electron chi connectivity index (χ2n) is 6.11. The third-order valence-electron chi connectivity index (χ3n) is 4.16. The van der Waals surface area contributed by atoms with Gasteiger partial charge >= 0.3 is 6.18 Å². The van der Waals surface area contributed by atoms with Gasteiger partial charge in [-0.2, -0.15) is 13.2 Å². The molecule has 1 amide bonds. The van der Waals surface area contributed by atoms with E-state index in [1.54, 1.807) is 0 Å². The Kier molecular flexibility index (Phi) is 4.78. The summed E-state index contributed by atoms with van der Waals surface area (Å²) in [6, 6.07) is 12.0. The van der Waals surface area contributed by atoms with Gasteiger partial charge < -0.3 is 5.32 Å². The second kappa shape index (κ2) is 6.85. The number of rotatable bonds is 3. The predicted molar refractivity (Wildman–Crippen MR) is 88.7 cm³/mol. The van der Waals surface area contributed by atoms with E-state index in [2.05, 4.69) is 16.2 Å². The van der Waals surface area contributed by atoms with Gasteiger partial charge in [0.25, 0.3) is 0 Å². The fraction of sp³-hybridized carbons (Fsp3) is 0.278.